The van der Waals surface area contributed by atoms with Crippen molar-refractivity contribution >= 4 is 17.5 Å². The SMILES string of the molecule is COc1ccc(CNC(=O)/C(C#N)=C\NC(=O)c2ccccc2N)cc1. The van der Waals surface area contributed by atoms with E-state index in [2.05, 4.69) is 10.6 Å². The van der Waals surface area contributed by atoms with E-state index >= 15 is 0 Å². The van der Waals surface area contributed by atoms with Gasteiger partial charge in [0.1, 0.15) is 17.4 Å². The normalized spacial score (nSPS) is 10.5. The molecule has 0 spiro atoms. The summed E-state index contributed by atoms with van der Waals surface area (Å²) >= 11 is 0. The molecule has 0 atom stereocenters. The Labute approximate surface area is 151 Å². The molecule has 0 heterocycles. The van der Waals surface area contributed by atoms with Crippen LogP contribution in [0, 0.1) is 11.3 Å². The van der Waals surface area contributed by atoms with E-state index in [1.165, 1.54) is 0 Å². The minimum atomic E-state index is -0.593. The summed E-state index contributed by atoms with van der Waals surface area (Å²) in [6.07, 6.45) is 1.07. The fourth-order valence-corrected chi connectivity index (χ4v) is 2.09. The van der Waals surface area contributed by atoms with E-state index in [1.807, 2.05) is 0 Å². The quantitative estimate of drug-likeness (QED) is 0.417. The van der Waals surface area contributed by atoms with Gasteiger partial charge in [-0.2, -0.15) is 5.26 Å². The maximum Gasteiger partial charge on any atom is 0.263 e. The number of benzene rings is 2. The third kappa shape index (κ3) is 4.85. The lowest BCUT2D eigenvalue weighted by atomic mass is 10.1. The number of amides is 2. The van der Waals surface area contributed by atoms with Crippen LogP contribution < -0.4 is 21.1 Å². The number of nitriles is 1. The number of rotatable bonds is 6. The van der Waals surface area contributed by atoms with E-state index in [4.69, 9.17) is 15.7 Å². The van der Waals surface area contributed by atoms with Crippen molar-refractivity contribution in [2.75, 3.05) is 12.8 Å². The van der Waals surface area contributed by atoms with Crippen molar-refractivity contribution in [3.63, 3.8) is 0 Å². The molecule has 0 bridgehead atoms. The summed E-state index contributed by atoms with van der Waals surface area (Å²) in [6.45, 7) is 0.238. The summed E-state index contributed by atoms with van der Waals surface area (Å²) in [6, 6.07) is 15.4. The zero-order chi connectivity index (χ0) is 18.9. The highest BCUT2D eigenvalue weighted by molar-refractivity contribution is 6.01. The largest absolute Gasteiger partial charge is 0.497 e. The summed E-state index contributed by atoms with van der Waals surface area (Å²) in [5.74, 6) is -0.385. The second-order valence-electron chi connectivity index (χ2n) is 5.26. The van der Waals surface area contributed by atoms with Gasteiger partial charge in [-0.25, -0.2) is 0 Å². The Morgan fingerprint density at radius 3 is 2.50 bits per heavy atom. The van der Waals surface area contributed by atoms with Gasteiger partial charge in [0.05, 0.1) is 12.7 Å². The molecule has 0 radical (unpaired) electrons. The molecule has 2 aromatic rings. The van der Waals surface area contributed by atoms with Crippen LogP contribution in [-0.4, -0.2) is 18.9 Å². The first-order valence-electron chi connectivity index (χ1n) is 7.72. The molecule has 0 saturated carbocycles. The van der Waals surface area contributed by atoms with Gasteiger partial charge in [-0.05, 0) is 29.8 Å². The van der Waals surface area contributed by atoms with Gasteiger partial charge in [0.25, 0.3) is 11.8 Å². The van der Waals surface area contributed by atoms with Crippen molar-refractivity contribution in [3.8, 4) is 11.8 Å². The first-order valence-corrected chi connectivity index (χ1v) is 7.72. The third-order valence-corrected chi connectivity index (χ3v) is 3.53. The van der Waals surface area contributed by atoms with Gasteiger partial charge in [0.2, 0.25) is 0 Å². The molecule has 0 aliphatic carbocycles. The Morgan fingerprint density at radius 2 is 1.88 bits per heavy atom. The summed E-state index contributed by atoms with van der Waals surface area (Å²) in [5, 5.41) is 14.1. The molecule has 4 N–H and O–H groups in total. The average molecular weight is 350 g/mol. The van der Waals surface area contributed by atoms with Gasteiger partial charge >= 0.3 is 0 Å². The van der Waals surface area contributed by atoms with Gasteiger partial charge in [0, 0.05) is 18.4 Å². The lowest BCUT2D eigenvalue weighted by Gasteiger charge is -2.07. The molecule has 7 nitrogen and oxygen atoms in total. The lowest BCUT2D eigenvalue weighted by molar-refractivity contribution is -0.117. The average Bonchev–Trinajstić information content (AvgIpc) is 2.67. The molecule has 2 rings (SSSR count). The molecule has 26 heavy (non-hydrogen) atoms. The van der Waals surface area contributed by atoms with E-state index in [0.29, 0.717) is 11.4 Å². The molecule has 2 amide bonds. The maximum atomic E-state index is 12.1. The number of methoxy groups -OCH3 is 1. The number of nitrogens with zero attached hydrogens (tertiary/aromatic N) is 1. The van der Waals surface area contributed by atoms with Crippen molar-refractivity contribution in [3.05, 3.63) is 71.4 Å². The van der Waals surface area contributed by atoms with Crippen molar-refractivity contribution in [1.29, 1.82) is 5.26 Å². The van der Waals surface area contributed by atoms with Crippen LogP contribution in [0.1, 0.15) is 15.9 Å². The molecule has 0 unspecified atom stereocenters. The van der Waals surface area contributed by atoms with Crippen LogP contribution in [0.3, 0.4) is 0 Å². The predicted octanol–water partition coefficient (Wildman–Crippen LogP) is 1.73. The topological polar surface area (TPSA) is 117 Å². The number of ether oxygens (including phenoxy) is 1. The highest BCUT2D eigenvalue weighted by atomic mass is 16.5. The van der Waals surface area contributed by atoms with Crippen LogP contribution in [-0.2, 0) is 11.3 Å². The second kappa shape index (κ2) is 8.89. The molecule has 0 fully saturated rings. The molecule has 7 heteroatoms. The smallest absolute Gasteiger partial charge is 0.263 e. The fraction of sp³-hybridized carbons (Fsp3) is 0.105. The number of hydrogen-bond donors (Lipinski definition) is 3. The number of nitrogens with one attached hydrogen (secondary N) is 2. The van der Waals surface area contributed by atoms with Gasteiger partial charge in [0.15, 0.2) is 0 Å². The molecular formula is C19H18N4O3. The van der Waals surface area contributed by atoms with Crippen LogP contribution >= 0.6 is 0 Å². The first kappa shape index (κ1) is 18.5. The van der Waals surface area contributed by atoms with Gasteiger partial charge in [-0.3, -0.25) is 9.59 Å². The molecule has 0 saturated heterocycles. The maximum absolute atomic E-state index is 12.1. The third-order valence-electron chi connectivity index (χ3n) is 3.53. The van der Waals surface area contributed by atoms with Crippen LogP contribution in [0.5, 0.6) is 5.75 Å². The molecule has 132 valence electrons. The Hall–Kier alpha value is -3.79. The summed E-state index contributed by atoms with van der Waals surface area (Å²) in [5.41, 5.74) is 6.91. The van der Waals surface area contributed by atoms with E-state index in [-0.39, 0.29) is 17.7 Å². The number of para-hydroxylation sites is 1. The van der Waals surface area contributed by atoms with Crippen LogP contribution in [0.15, 0.2) is 60.3 Å². The first-order chi connectivity index (χ1) is 12.5. The molecule has 0 aliphatic rings. The summed E-state index contributed by atoms with van der Waals surface area (Å²) in [7, 11) is 1.57. The molecule has 2 aromatic carbocycles. The summed E-state index contributed by atoms with van der Waals surface area (Å²) in [4.78, 5) is 24.1. The number of hydrogen-bond acceptors (Lipinski definition) is 5. The zero-order valence-corrected chi connectivity index (χ0v) is 14.2. The molecule has 0 aromatic heterocycles. The van der Waals surface area contributed by atoms with E-state index in [1.54, 1.807) is 61.7 Å². The highest BCUT2D eigenvalue weighted by Crippen LogP contribution is 2.11. The highest BCUT2D eigenvalue weighted by Gasteiger charge is 2.11. The molecular weight excluding hydrogens is 332 g/mol. The van der Waals surface area contributed by atoms with Gasteiger partial charge in [-0.1, -0.05) is 24.3 Å². The van der Waals surface area contributed by atoms with Gasteiger partial charge in [-0.15, -0.1) is 0 Å². The Kier molecular flexibility index (Phi) is 6.34. The number of nitrogens with two attached hydrogens (primary N) is 1. The van der Waals surface area contributed by atoms with Crippen molar-refractivity contribution < 1.29 is 14.3 Å². The van der Waals surface area contributed by atoms with Crippen LogP contribution in [0.25, 0.3) is 0 Å². The standard InChI is InChI=1S/C19H18N4O3/c1-26-15-8-6-13(7-9-15)11-22-18(24)14(10-20)12-23-19(25)16-4-2-3-5-17(16)21/h2-9,12H,11,21H2,1H3,(H,22,24)(H,23,25)/b14-12-. The van der Waals surface area contributed by atoms with E-state index < -0.39 is 11.8 Å². The Morgan fingerprint density at radius 1 is 1.19 bits per heavy atom. The van der Waals surface area contributed by atoms with Crippen LogP contribution in [0.2, 0.25) is 0 Å². The van der Waals surface area contributed by atoms with Crippen LogP contribution in [0.4, 0.5) is 5.69 Å². The predicted molar refractivity (Wildman–Crippen MR) is 96.9 cm³/mol. The van der Waals surface area contributed by atoms with Gasteiger partial charge < -0.3 is 21.1 Å². The van der Waals surface area contributed by atoms with Crippen molar-refractivity contribution in [2.24, 2.45) is 0 Å². The Balaban J connectivity index is 1.97. The number of anilines is 1. The van der Waals surface area contributed by atoms with E-state index in [0.717, 1.165) is 11.8 Å². The Bertz CT molecular complexity index is 867. The van der Waals surface area contributed by atoms with Crippen molar-refractivity contribution in [2.45, 2.75) is 6.54 Å². The zero-order valence-electron chi connectivity index (χ0n) is 14.2. The number of carbonyl (C=O) groups is 2. The second-order valence-corrected chi connectivity index (χ2v) is 5.26. The lowest BCUT2D eigenvalue weighted by Crippen LogP contribution is -2.26. The minimum absolute atomic E-state index is 0.221. The number of carbonyl (C=O) groups excluding carboxylic acids is 2. The number of nitrogen functional groups attached to an aromatic ring is 1. The molecule has 0 aliphatic heterocycles. The minimum Gasteiger partial charge on any atom is -0.497 e. The fourth-order valence-electron chi connectivity index (χ4n) is 2.09. The summed E-state index contributed by atoms with van der Waals surface area (Å²) < 4.78 is 5.06. The van der Waals surface area contributed by atoms with E-state index in [9.17, 15) is 9.59 Å². The monoisotopic (exact) mass is 350 g/mol. The van der Waals surface area contributed by atoms with Crippen molar-refractivity contribution in [1.82, 2.24) is 10.6 Å².